The highest BCUT2D eigenvalue weighted by molar-refractivity contribution is 7.15. The number of hydrogen-bond donors (Lipinski definition) is 1. The molecule has 0 aliphatic carbocycles. The Morgan fingerprint density at radius 3 is 3.00 bits per heavy atom. The van der Waals surface area contributed by atoms with E-state index < -0.39 is 0 Å². The van der Waals surface area contributed by atoms with E-state index in [2.05, 4.69) is 21.8 Å². The van der Waals surface area contributed by atoms with Crippen LogP contribution in [0.25, 0.3) is 0 Å². The summed E-state index contributed by atoms with van der Waals surface area (Å²) in [6.07, 6.45) is 3.11. The van der Waals surface area contributed by atoms with E-state index in [1.807, 2.05) is 6.20 Å². The standard InChI is InChI=1S/C10H18N4S/c1-13-3-2-4-14(6-5-13)10-12-8-9(7-11)15-10/h8H,2-7,11H2,1H3. The van der Waals surface area contributed by atoms with Gasteiger partial charge in [-0.05, 0) is 20.0 Å². The van der Waals surface area contributed by atoms with Crippen molar-refractivity contribution in [1.82, 2.24) is 9.88 Å². The van der Waals surface area contributed by atoms with Crippen LogP contribution in [0.5, 0.6) is 0 Å². The molecule has 2 N–H and O–H groups in total. The van der Waals surface area contributed by atoms with E-state index in [-0.39, 0.29) is 0 Å². The molecule has 84 valence electrons. The topological polar surface area (TPSA) is 45.4 Å². The Hall–Kier alpha value is -0.650. The number of hydrogen-bond acceptors (Lipinski definition) is 5. The Kier molecular flexibility index (Phi) is 3.56. The third-order valence-corrected chi connectivity index (χ3v) is 3.81. The van der Waals surface area contributed by atoms with Gasteiger partial charge in [-0.2, -0.15) is 0 Å². The van der Waals surface area contributed by atoms with E-state index in [1.165, 1.54) is 17.8 Å². The van der Waals surface area contributed by atoms with Gasteiger partial charge in [0.15, 0.2) is 5.13 Å². The van der Waals surface area contributed by atoms with Crippen molar-refractivity contribution in [3.05, 3.63) is 11.1 Å². The number of aromatic nitrogens is 1. The second-order valence-corrected chi connectivity index (χ2v) is 5.05. The molecule has 0 radical (unpaired) electrons. The van der Waals surface area contributed by atoms with Gasteiger partial charge in [0, 0.05) is 37.3 Å². The third kappa shape index (κ3) is 2.68. The Bertz CT molecular complexity index is 312. The molecule has 0 amide bonds. The fraction of sp³-hybridized carbons (Fsp3) is 0.700. The predicted molar refractivity (Wildman–Crippen MR) is 64.3 cm³/mol. The lowest BCUT2D eigenvalue weighted by atomic mass is 10.4. The van der Waals surface area contributed by atoms with Crippen LogP contribution in [-0.2, 0) is 6.54 Å². The van der Waals surface area contributed by atoms with Gasteiger partial charge in [-0.15, -0.1) is 11.3 Å². The zero-order valence-corrected chi connectivity index (χ0v) is 9.96. The number of nitrogens with zero attached hydrogens (tertiary/aromatic N) is 3. The maximum absolute atomic E-state index is 5.59. The molecule has 0 atom stereocenters. The van der Waals surface area contributed by atoms with Crippen LogP contribution in [0.3, 0.4) is 0 Å². The first-order chi connectivity index (χ1) is 7.29. The molecule has 0 aromatic carbocycles. The molecular weight excluding hydrogens is 208 g/mol. The van der Waals surface area contributed by atoms with E-state index >= 15 is 0 Å². The van der Waals surface area contributed by atoms with Gasteiger partial charge < -0.3 is 15.5 Å². The fourth-order valence-electron chi connectivity index (χ4n) is 1.78. The normalized spacial score (nSPS) is 19.2. The molecule has 0 unspecified atom stereocenters. The van der Waals surface area contributed by atoms with E-state index in [1.54, 1.807) is 11.3 Å². The van der Waals surface area contributed by atoms with Crippen LogP contribution < -0.4 is 10.6 Å². The van der Waals surface area contributed by atoms with Crippen LogP contribution in [-0.4, -0.2) is 43.1 Å². The van der Waals surface area contributed by atoms with E-state index in [0.29, 0.717) is 6.54 Å². The second-order valence-electron chi connectivity index (χ2n) is 3.96. The summed E-state index contributed by atoms with van der Waals surface area (Å²) < 4.78 is 0. The SMILES string of the molecule is CN1CCCN(c2ncc(CN)s2)CC1. The maximum atomic E-state index is 5.59. The summed E-state index contributed by atoms with van der Waals surface area (Å²) in [5.74, 6) is 0. The highest BCUT2D eigenvalue weighted by atomic mass is 32.1. The van der Waals surface area contributed by atoms with Gasteiger partial charge in [-0.1, -0.05) is 0 Å². The van der Waals surface area contributed by atoms with Gasteiger partial charge in [-0.25, -0.2) is 4.98 Å². The Morgan fingerprint density at radius 2 is 2.27 bits per heavy atom. The number of anilines is 1. The number of thiazole rings is 1. The summed E-state index contributed by atoms with van der Waals surface area (Å²) in [6, 6.07) is 0. The van der Waals surface area contributed by atoms with Gasteiger partial charge in [0.25, 0.3) is 0 Å². The Labute approximate surface area is 94.7 Å². The van der Waals surface area contributed by atoms with Crippen LogP contribution >= 0.6 is 11.3 Å². The van der Waals surface area contributed by atoms with Crippen LogP contribution in [0.2, 0.25) is 0 Å². The lowest BCUT2D eigenvalue weighted by Crippen LogP contribution is -2.28. The van der Waals surface area contributed by atoms with Crippen molar-refractivity contribution in [1.29, 1.82) is 0 Å². The maximum Gasteiger partial charge on any atom is 0.185 e. The molecule has 2 heterocycles. The first-order valence-corrected chi connectivity index (χ1v) is 6.19. The van der Waals surface area contributed by atoms with Crippen LogP contribution in [0.1, 0.15) is 11.3 Å². The molecule has 4 nitrogen and oxygen atoms in total. The van der Waals surface area contributed by atoms with Crippen molar-refractivity contribution in [3.63, 3.8) is 0 Å². The highest BCUT2D eigenvalue weighted by Crippen LogP contribution is 2.22. The fourth-order valence-corrected chi connectivity index (χ4v) is 2.62. The minimum Gasteiger partial charge on any atom is -0.347 e. The second kappa shape index (κ2) is 4.92. The van der Waals surface area contributed by atoms with Crippen molar-refractivity contribution < 1.29 is 0 Å². The Balaban J connectivity index is 2.03. The van der Waals surface area contributed by atoms with Gasteiger partial charge in [-0.3, -0.25) is 0 Å². The Morgan fingerprint density at radius 1 is 1.40 bits per heavy atom. The average molecular weight is 226 g/mol. The highest BCUT2D eigenvalue weighted by Gasteiger charge is 2.14. The molecule has 1 saturated heterocycles. The number of rotatable bonds is 2. The molecule has 1 aromatic rings. The summed E-state index contributed by atoms with van der Waals surface area (Å²) in [4.78, 5) is 10.3. The first-order valence-electron chi connectivity index (χ1n) is 5.38. The molecule has 1 fully saturated rings. The number of nitrogens with two attached hydrogens (primary N) is 1. The predicted octanol–water partition coefficient (Wildman–Crippen LogP) is 0.744. The summed E-state index contributed by atoms with van der Waals surface area (Å²) in [6.45, 7) is 5.10. The van der Waals surface area contributed by atoms with Gasteiger partial charge >= 0.3 is 0 Å². The van der Waals surface area contributed by atoms with Gasteiger partial charge in [0.1, 0.15) is 0 Å². The van der Waals surface area contributed by atoms with Crippen LogP contribution in [0, 0.1) is 0 Å². The third-order valence-electron chi connectivity index (χ3n) is 2.73. The zero-order valence-electron chi connectivity index (χ0n) is 9.15. The average Bonchev–Trinajstić information content (AvgIpc) is 2.62. The minimum atomic E-state index is 0.603. The molecule has 0 bridgehead atoms. The molecule has 0 spiro atoms. The van der Waals surface area contributed by atoms with E-state index in [0.717, 1.165) is 24.8 Å². The zero-order chi connectivity index (χ0) is 10.7. The van der Waals surface area contributed by atoms with Crippen molar-refractivity contribution in [2.45, 2.75) is 13.0 Å². The summed E-state index contributed by atoms with van der Waals surface area (Å²) >= 11 is 1.72. The molecule has 2 rings (SSSR count). The van der Waals surface area contributed by atoms with E-state index in [9.17, 15) is 0 Å². The lowest BCUT2D eigenvalue weighted by molar-refractivity contribution is 0.360. The van der Waals surface area contributed by atoms with Gasteiger partial charge in [0.05, 0.1) is 0 Å². The summed E-state index contributed by atoms with van der Waals surface area (Å²) in [5, 5.41) is 1.13. The summed E-state index contributed by atoms with van der Waals surface area (Å²) in [5.41, 5.74) is 5.59. The van der Waals surface area contributed by atoms with Crippen molar-refractivity contribution in [3.8, 4) is 0 Å². The minimum absolute atomic E-state index is 0.603. The number of likely N-dealkylation sites (N-methyl/N-ethyl adjacent to an activating group) is 1. The first kappa shape index (κ1) is 10.9. The monoisotopic (exact) mass is 226 g/mol. The quantitative estimate of drug-likeness (QED) is 0.808. The molecular formula is C10H18N4S. The van der Waals surface area contributed by atoms with E-state index in [4.69, 9.17) is 5.73 Å². The molecule has 1 aliphatic rings. The molecule has 15 heavy (non-hydrogen) atoms. The van der Waals surface area contributed by atoms with Crippen molar-refractivity contribution in [2.24, 2.45) is 5.73 Å². The molecule has 1 aromatic heterocycles. The van der Waals surface area contributed by atoms with Crippen LogP contribution in [0.15, 0.2) is 6.20 Å². The molecule has 0 saturated carbocycles. The largest absolute Gasteiger partial charge is 0.347 e. The van der Waals surface area contributed by atoms with Crippen molar-refractivity contribution in [2.75, 3.05) is 38.1 Å². The van der Waals surface area contributed by atoms with Crippen molar-refractivity contribution >= 4 is 16.5 Å². The summed E-state index contributed by atoms with van der Waals surface area (Å²) in [7, 11) is 2.18. The smallest absolute Gasteiger partial charge is 0.185 e. The lowest BCUT2D eigenvalue weighted by Gasteiger charge is -2.18. The molecule has 1 aliphatic heterocycles. The van der Waals surface area contributed by atoms with Crippen LogP contribution in [0.4, 0.5) is 5.13 Å². The van der Waals surface area contributed by atoms with Gasteiger partial charge in [0.2, 0.25) is 0 Å². The molecule has 5 heteroatoms.